The smallest absolute Gasteiger partial charge is 0.100 e. The molecule has 1 aliphatic rings. The van der Waals surface area contributed by atoms with Crippen molar-refractivity contribution < 1.29 is 26.8 Å². The highest BCUT2D eigenvalue weighted by Gasteiger charge is 2.30. The third-order valence-corrected chi connectivity index (χ3v) is 4.07. The zero-order valence-electron chi connectivity index (χ0n) is 16.5. The maximum atomic E-state index is 6.28. The van der Waals surface area contributed by atoms with Crippen molar-refractivity contribution in [3.63, 3.8) is 0 Å². The summed E-state index contributed by atoms with van der Waals surface area (Å²) in [6.07, 6.45) is 10.2. The van der Waals surface area contributed by atoms with Crippen LogP contribution >= 0.6 is 0 Å². The van der Waals surface area contributed by atoms with E-state index in [-0.39, 0.29) is 18.0 Å². The lowest BCUT2D eigenvalue weighted by Crippen LogP contribution is -3.06. The van der Waals surface area contributed by atoms with Crippen molar-refractivity contribution in [2.45, 2.75) is 52.6 Å². The molecule has 3 nitrogen and oxygen atoms in total. The van der Waals surface area contributed by atoms with E-state index in [2.05, 4.69) is 60.0 Å². The van der Waals surface area contributed by atoms with Gasteiger partial charge in [0.25, 0.3) is 0 Å². The second-order valence-corrected chi connectivity index (χ2v) is 8.00. The van der Waals surface area contributed by atoms with E-state index >= 15 is 0 Å². The van der Waals surface area contributed by atoms with Gasteiger partial charge in [-0.2, -0.15) is 0 Å². The lowest BCUT2D eigenvalue weighted by Gasteiger charge is -2.34. The first-order chi connectivity index (χ1) is 10.8. The highest BCUT2D eigenvalue weighted by atomic mass is 35.5. The third kappa shape index (κ3) is 9.83. The molecule has 0 amide bonds. The van der Waals surface area contributed by atoms with E-state index in [0.29, 0.717) is 25.0 Å². The van der Waals surface area contributed by atoms with Crippen LogP contribution in [-0.4, -0.2) is 46.1 Å². The average molecular weight is 360 g/mol. The Labute approximate surface area is 155 Å². The topological polar surface area (TPSA) is 22.9 Å². The SMILES string of the molecule is CC(C)CC1=CCC(CC(C)C)(OCCOCC[NH+](C)C)C=C1.[Cl-]. The van der Waals surface area contributed by atoms with Gasteiger partial charge in [0, 0.05) is 0 Å². The summed E-state index contributed by atoms with van der Waals surface area (Å²) < 4.78 is 12.0. The van der Waals surface area contributed by atoms with E-state index in [4.69, 9.17) is 9.47 Å². The quantitative estimate of drug-likeness (QED) is 0.520. The molecule has 0 radical (unpaired) electrons. The minimum atomic E-state index is -0.134. The van der Waals surface area contributed by atoms with E-state index in [1.165, 1.54) is 10.5 Å². The molecule has 0 aromatic heterocycles. The van der Waals surface area contributed by atoms with Gasteiger partial charge < -0.3 is 26.8 Å². The summed E-state index contributed by atoms with van der Waals surface area (Å²) in [4.78, 5) is 1.42. The molecule has 0 saturated carbocycles. The predicted molar refractivity (Wildman–Crippen MR) is 97.9 cm³/mol. The van der Waals surface area contributed by atoms with Crippen LogP contribution < -0.4 is 17.3 Å². The minimum Gasteiger partial charge on any atom is -1.00 e. The summed E-state index contributed by atoms with van der Waals surface area (Å²) in [6, 6.07) is 0. The van der Waals surface area contributed by atoms with E-state index < -0.39 is 0 Å². The van der Waals surface area contributed by atoms with Gasteiger partial charge >= 0.3 is 0 Å². The molecule has 142 valence electrons. The van der Waals surface area contributed by atoms with Crippen LogP contribution in [0.2, 0.25) is 0 Å². The zero-order chi connectivity index (χ0) is 17.3. The third-order valence-electron chi connectivity index (χ3n) is 4.07. The second kappa shape index (κ2) is 12.1. The van der Waals surface area contributed by atoms with Gasteiger partial charge in [0.15, 0.2) is 0 Å². The second-order valence-electron chi connectivity index (χ2n) is 8.00. The minimum absolute atomic E-state index is 0. The molecule has 0 saturated heterocycles. The molecule has 0 fully saturated rings. The highest BCUT2D eigenvalue weighted by Crippen LogP contribution is 2.33. The van der Waals surface area contributed by atoms with E-state index in [1.54, 1.807) is 0 Å². The standard InChI is InChI=1S/C20H37NO2.ClH/c1-17(2)15-19-7-9-20(10-8-19,16-18(3)4)23-14-13-22-12-11-21(5)6;/h7-9,17-18H,10-16H2,1-6H3;1H. The van der Waals surface area contributed by atoms with Crippen LogP contribution in [-0.2, 0) is 9.47 Å². The van der Waals surface area contributed by atoms with Crippen molar-refractivity contribution in [2.24, 2.45) is 11.8 Å². The van der Waals surface area contributed by atoms with Gasteiger partial charge in [-0.15, -0.1) is 0 Å². The van der Waals surface area contributed by atoms with Crippen molar-refractivity contribution in [1.82, 2.24) is 0 Å². The van der Waals surface area contributed by atoms with Crippen molar-refractivity contribution in [2.75, 3.05) is 40.5 Å². The van der Waals surface area contributed by atoms with Gasteiger partial charge in [-0.1, -0.05) is 51.5 Å². The number of hydrogen-bond donors (Lipinski definition) is 1. The molecule has 1 N–H and O–H groups in total. The zero-order valence-corrected chi connectivity index (χ0v) is 17.3. The molecular formula is C20H38ClNO2. The Hall–Kier alpha value is -0.350. The van der Waals surface area contributed by atoms with Crippen molar-refractivity contribution in [1.29, 1.82) is 0 Å². The Morgan fingerprint density at radius 1 is 1.08 bits per heavy atom. The monoisotopic (exact) mass is 359 g/mol. The number of nitrogens with one attached hydrogen (secondary N) is 1. The fraction of sp³-hybridized carbons (Fsp3) is 0.800. The summed E-state index contributed by atoms with van der Waals surface area (Å²) >= 11 is 0. The summed E-state index contributed by atoms with van der Waals surface area (Å²) in [5, 5.41) is 0. The summed E-state index contributed by atoms with van der Waals surface area (Å²) in [7, 11) is 4.29. The first kappa shape index (κ1) is 23.6. The lowest BCUT2D eigenvalue weighted by molar-refractivity contribution is -0.858. The molecule has 0 aromatic carbocycles. The number of likely N-dealkylation sites (N-methyl/N-ethyl adjacent to an activating group) is 1. The summed E-state index contributed by atoms with van der Waals surface area (Å²) in [5.41, 5.74) is 1.32. The van der Waals surface area contributed by atoms with Crippen LogP contribution in [0.5, 0.6) is 0 Å². The molecule has 1 aliphatic carbocycles. The number of halogens is 1. The molecule has 0 aliphatic heterocycles. The Bertz CT molecular complexity index is 391. The fourth-order valence-corrected chi connectivity index (χ4v) is 3.01. The number of quaternary nitrogens is 1. The largest absolute Gasteiger partial charge is 1.00 e. The van der Waals surface area contributed by atoms with E-state index in [1.807, 2.05) is 0 Å². The molecule has 0 spiro atoms. The number of rotatable bonds is 11. The van der Waals surface area contributed by atoms with Crippen molar-refractivity contribution in [3.05, 3.63) is 23.8 Å². The van der Waals surface area contributed by atoms with Crippen LogP contribution in [0.1, 0.15) is 47.0 Å². The van der Waals surface area contributed by atoms with Gasteiger partial charge in [-0.25, -0.2) is 0 Å². The number of allylic oxidation sites excluding steroid dienone is 2. The van der Waals surface area contributed by atoms with Gasteiger partial charge in [0.05, 0.1) is 39.5 Å². The average Bonchev–Trinajstić information content (AvgIpc) is 2.44. The normalized spacial score (nSPS) is 20.6. The van der Waals surface area contributed by atoms with Gasteiger partial charge in [0.2, 0.25) is 0 Å². The van der Waals surface area contributed by atoms with Gasteiger partial charge in [-0.3, -0.25) is 0 Å². The van der Waals surface area contributed by atoms with E-state index in [9.17, 15) is 0 Å². The number of hydrogen-bond acceptors (Lipinski definition) is 2. The molecule has 24 heavy (non-hydrogen) atoms. The Morgan fingerprint density at radius 2 is 1.79 bits per heavy atom. The first-order valence-electron chi connectivity index (χ1n) is 9.22. The summed E-state index contributed by atoms with van der Waals surface area (Å²) in [6.45, 7) is 12.3. The molecule has 1 atom stereocenters. The van der Waals surface area contributed by atoms with Crippen LogP contribution in [0.4, 0.5) is 0 Å². The van der Waals surface area contributed by atoms with Crippen molar-refractivity contribution >= 4 is 0 Å². The molecule has 1 rings (SSSR count). The first-order valence-corrected chi connectivity index (χ1v) is 9.22. The maximum absolute atomic E-state index is 6.28. The van der Waals surface area contributed by atoms with Crippen LogP contribution in [0.25, 0.3) is 0 Å². The van der Waals surface area contributed by atoms with Crippen LogP contribution in [0.15, 0.2) is 23.8 Å². The molecule has 0 heterocycles. The van der Waals surface area contributed by atoms with Gasteiger partial charge in [-0.05, 0) is 31.1 Å². The van der Waals surface area contributed by atoms with Crippen LogP contribution in [0, 0.1) is 11.8 Å². The maximum Gasteiger partial charge on any atom is 0.100 e. The van der Waals surface area contributed by atoms with Gasteiger partial charge in [0.1, 0.15) is 6.54 Å². The number of ether oxygens (including phenoxy) is 2. The molecule has 1 unspecified atom stereocenters. The summed E-state index contributed by atoms with van der Waals surface area (Å²) in [5.74, 6) is 1.33. The Kier molecular flexibility index (Phi) is 11.9. The fourth-order valence-electron chi connectivity index (χ4n) is 3.01. The van der Waals surface area contributed by atoms with Crippen LogP contribution in [0.3, 0.4) is 0 Å². The highest BCUT2D eigenvalue weighted by molar-refractivity contribution is 5.28. The van der Waals surface area contributed by atoms with E-state index in [0.717, 1.165) is 32.4 Å². The Balaban J connectivity index is 0.00000529. The molecule has 4 heteroatoms. The van der Waals surface area contributed by atoms with Crippen molar-refractivity contribution in [3.8, 4) is 0 Å². The Morgan fingerprint density at radius 3 is 2.29 bits per heavy atom. The lowest BCUT2D eigenvalue weighted by atomic mass is 9.83. The molecule has 0 aromatic rings. The molecule has 0 bridgehead atoms. The predicted octanol–water partition coefficient (Wildman–Crippen LogP) is -0.115. The molecular weight excluding hydrogens is 322 g/mol.